The molecule has 18 heteroatoms. The molecule has 378 valence electrons. The van der Waals surface area contributed by atoms with E-state index >= 15 is 0 Å². The first kappa shape index (κ1) is 62.9. The fourth-order valence-corrected chi connectivity index (χ4v) is 6.75. The summed E-state index contributed by atoms with van der Waals surface area (Å²) in [5.41, 5.74) is 0. The smallest absolute Gasteiger partial charge is 0.462 e. The summed E-state index contributed by atoms with van der Waals surface area (Å²) in [5, 5.41) is 40.3. The zero-order valence-corrected chi connectivity index (χ0v) is 40.9. The van der Waals surface area contributed by atoms with Crippen LogP contribution >= 0.6 is 15.6 Å². The van der Waals surface area contributed by atoms with E-state index < -0.39 is 84.5 Å². The van der Waals surface area contributed by atoms with E-state index in [-0.39, 0.29) is 25.7 Å². The summed E-state index contributed by atoms with van der Waals surface area (Å²) in [6.07, 6.45) is 39.0. The zero-order chi connectivity index (χ0) is 49.2. The lowest BCUT2D eigenvalue weighted by Crippen LogP contribution is -2.30. The van der Waals surface area contributed by atoms with Crippen LogP contribution in [-0.2, 0) is 41.8 Å². The number of phosphoric ester groups is 2. The first-order valence-corrected chi connectivity index (χ1v) is 26.3. The van der Waals surface area contributed by atoms with Crippen molar-refractivity contribution in [1.29, 1.82) is 0 Å². The Labute approximate surface area is 393 Å². The van der Waals surface area contributed by atoms with Gasteiger partial charge >= 0.3 is 27.6 Å². The molecular weight excluding hydrogens is 894 g/mol. The Morgan fingerprint density at radius 3 is 1.65 bits per heavy atom. The molecule has 0 heterocycles. The summed E-state index contributed by atoms with van der Waals surface area (Å²) < 4.78 is 47.5. The topological polar surface area (TPSA) is 256 Å². The highest BCUT2D eigenvalue weighted by atomic mass is 31.2. The molecule has 0 fully saturated rings. The molecular formula is C48H80O16P2. The molecule has 0 spiro atoms. The van der Waals surface area contributed by atoms with Crippen LogP contribution in [0.4, 0.5) is 0 Å². The van der Waals surface area contributed by atoms with Crippen molar-refractivity contribution in [2.45, 2.75) is 166 Å². The van der Waals surface area contributed by atoms with Gasteiger partial charge in [0.15, 0.2) is 6.10 Å². The van der Waals surface area contributed by atoms with Gasteiger partial charge in [0.25, 0.3) is 0 Å². The minimum absolute atomic E-state index is 0.0158. The number of ether oxygens (including phenoxy) is 2. The number of hydrogen-bond donors (Lipinski definition) is 7. The van der Waals surface area contributed by atoms with Gasteiger partial charge in [0.1, 0.15) is 12.7 Å². The number of carbonyl (C=O) groups excluding carboxylic acids is 2. The van der Waals surface area contributed by atoms with Crippen LogP contribution < -0.4 is 0 Å². The number of phosphoric acid groups is 2. The van der Waals surface area contributed by atoms with Crippen molar-refractivity contribution in [3.05, 3.63) is 97.2 Å². The third kappa shape index (κ3) is 43.5. The summed E-state index contributed by atoms with van der Waals surface area (Å²) in [7, 11) is -9.84. The largest absolute Gasteiger partial charge is 0.472 e. The highest BCUT2D eigenvalue weighted by molar-refractivity contribution is 7.47. The Morgan fingerprint density at radius 2 is 1.05 bits per heavy atom. The summed E-state index contributed by atoms with van der Waals surface area (Å²) in [6, 6.07) is 0. The van der Waals surface area contributed by atoms with Crippen molar-refractivity contribution in [2.75, 3.05) is 26.4 Å². The van der Waals surface area contributed by atoms with Gasteiger partial charge in [-0.2, -0.15) is 0 Å². The molecule has 0 amide bonds. The standard InChI is InChI=1S/C48H80O16P2/c1-3-5-7-8-9-10-11-12-13-14-15-16-17-18-19-20-21-26-30-36-47(53)60-40-44(41-63-66(58,59)62-39-43(50)38-61-65(55,56)57)64-48(54)37-31-35-46(52)45(51)34-29-25-23-22-24-28-33-42(49)32-27-6-4-2/h9-10,12-13,15-16,18-19,22-25,28-29,33-34,42-46,49-52H,3-8,11,14,17,20-21,26-27,30-32,35-41H2,1-2H3,(H,58,59)(H2,55,56,57)/b10-9-,13-12-,16-15-,19-18-,24-22-,25-23+,33-28+,34-29+/t42-,43-,44+,45-,46-/m0/s1. The van der Waals surface area contributed by atoms with Crippen molar-refractivity contribution in [1.82, 2.24) is 0 Å². The number of aliphatic hydroxyl groups excluding tert-OH is 4. The number of rotatable bonds is 42. The molecule has 6 atom stereocenters. The molecule has 16 nitrogen and oxygen atoms in total. The Morgan fingerprint density at radius 1 is 0.530 bits per heavy atom. The molecule has 0 bridgehead atoms. The molecule has 66 heavy (non-hydrogen) atoms. The van der Waals surface area contributed by atoms with Gasteiger partial charge in [-0.05, 0) is 70.6 Å². The highest BCUT2D eigenvalue weighted by Gasteiger charge is 2.28. The van der Waals surface area contributed by atoms with Gasteiger partial charge in [-0.3, -0.25) is 23.2 Å². The number of hydrogen-bond acceptors (Lipinski definition) is 13. The fourth-order valence-electron chi connectivity index (χ4n) is 5.60. The van der Waals surface area contributed by atoms with E-state index in [9.17, 15) is 44.0 Å². The molecule has 0 saturated heterocycles. The lowest BCUT2D eigenvalue weighted by molar-refractivity contribution is -0.161. The van der Waals surface area contributed by atoms with Gasteiger partial charge in [0, 0.05) is 12.8 Å². The minimum atomic E-state index is -4.92. The number of unbranched alkanes of at least 4 members (excludes halogenated alkanes) is 8. The quantitative estimate of drug-likeness (QED) is 0.00990. The molecule has 0 aromatic heterocycles. The molecule has 0 aromatic rings. The molecule has 0 saturated carbocycles. The monoisotopic (exact) mass is 974 g/mol. The zero-order valence-electron chi connectivity index (χ0n) is 39.1. The lowest BCUT2D eigenvalue weighted by Gasteiger charge is -2.21. The van der Waals surface area contributed by atoms with Crippen LogP contribution in [0.15, 0.2) is 97.2 Å². The first-order chi connectivity index (χ1) is 31.6. The van der Waals surface area contributed by atoms with Crippen LogP contribution in [0.3, 0.4) is 0 Å². The van der Waals surface area contributed by atoms with Crippen LogP contribution in [-0.4, -0.2) is 104 Å². The minimum Gasteiger partial charge on any atom is -0.462 e. The maximum Gasteiger partial charge on any atom is 0.472 e. The maximum atomic E-state index is 12.7. The van der Waals surface area contributed by atoms with Crippen LogP contribution in [0, 0.1) is 0 Å². The number of aliphatic hydroxyl groups is 4. The predicted octanol–water partition coefficient (Wildman–Crippen LogP) is 9.03. The second kappa shape index (κ2) is 42.1. The lowest BCUT2D eigenvalue weighted by atomic mass is 10.1. The molecule has 0 aliphatic heterocycles. The van der Waals surface area contributed by atoms with Gasteiger partial charge in [-0.25, -0.2) is 9.13 Å². The average molecular weight is 975 g/mol. The second-order valence-electron chi connectivity index (χ2n) is 15.5. The first-order valence-electron chi connectivity index (χ1n) is 23.3. The molecule has 0 rings (SSSR count). The molecule has 0 aliphatic carbocycles. The number of allylic oxidation sites excluding steroid dienone is 14. The average Bonchev–Trinajstić information content (AvgIpc) is 3.27. The second-order valence-corrected chi connectivity index (χ2v) is 18.2. The van der Waals surface area contributed by atoms with Crippen molar-refractivity contribution < 1.29 is 76.9 Å². The summed E-state index contributed by atoms with van der Waals surface area (Å²) in [6.45, 7) is 1.18. The fraction of sp³-hybridized carbons (Fsp3) is 0.625. The summed E-state index contributed by atoms with van der Waals surface area (Å²) in [5.74, 6) is -1.41. The van der Waals surface area contributed by atoms with E-state index in [4.69, 9.17) is 23.8 Å². The summed E-state index contributed by atoms with van der Waals surface area (Å²) >= 11 is 0. The van der Waals surface area contributed by atoms with Crippen LogP contribution in [0.2, 0.25) is 0 Å². The van der Waals surface area contributed by atoms with E-state index in [1.54, 1.807) is 42.5 Å². The van der Waals surface area contributed by atoms with E-state index in [1.165, 1.54) is 25.3 Å². The third-order valence-electron chi connectivity index (χ3n) is 9.30. The molecule has 0 radical (unpaired) electrons. The van der Waals surface area contributed by atoms with Crippen LogP contribution in [0.1, 0.15) is 136 Å². The Balaban J connectivity index is 4.87. The Kier molecular flexibility index (Phi) is 40.1. The Bertz CT molecular complexity index is 1580. The van der Waals surface area contributed by atoms with Gasteiger partial charge in [-0.1, -0.05) is 150 Å². The van der Waals surface area contributed by atoms with Crippen LogP contribution in [0.25, 0.3) is 0 Å². The normalized spacial score (nSPS) is 16.2. The third-order valence-corrected chi connectivity index (χ3v) is 10.7. The van der Waals surface area contributed by atoms with Crippen molar-refractivity contribution in [3.8, 4) is 0 Å². The van der Waals surface area contributed by atoms with Crippen molar-refractivity contribution in [3.63, 3.8) is 0 Å². The predicted molar refractivity (Wildman–Crippen MR) is 257 cm³/mol. The number of esters is 2. The number of carbonyl (C=O) groups is 2. The highest BCUT2D eigenvalue weighted by Crippen LogP contribution is 2.43. The van der Waals surface area contributed by atoms with E-state index in [2.05, 4.69) is 71.5 Å². The molecule has 0 aromatic carbocycles. The van der Waals surface area contributed by atoms with Gasteiger partial charge < -0.3 is 44.6 Å². The van der Waals surface area contributed by atoms with Gasteiger partial charge in [0.05, 0.1) is 38.1 Å². The van der Waals surface area contributed by atoms with E-state index in [0.29, 0.717) is 12.8 Å². The van der Waals surface area contributed by atoms with E-state index in [1.807, 2.05) is 0 Å². The summed E-state index contributed by atoms with van der Waals surface area (Å²) in [4.78, 5) is 52.8. The molecule has 7 N–H and O–H groups in total. The SMILES string of the molecule is CCCCC/C=C\C/C=C\C/C=C\C/C=C\CCCCCC(=O)OC[C@H](COP(=O)(O)OC[C@@H](O)COP(=O)(O)O)OC(=O)CCC[C@H](O)[C@@H](O)/C=C/C=C/C=C\C=C\[C@@H](O)CCCCC. The van der Waals surface area contributed by atoms with Gasteiger partial charge in [0.2, 0.25) is 0 Å². The van der Waals surface area contributed by atoms with Crippen molar-refractivity contribution >= 4 is 27.6 Å². The van der Waals surface area contributed by atoms with Gasteiger partial charge in [-0.15, -0.1) is 0 Å². The van der Waals surface area contributed by atoms with E-state index in [0.717, 1.165) is 64.2 Å². The molecule has 0 aliphatic rings. The Hall–Kier alpha value is -3.08. The molecule has 1 unspecified atom stereocenters. The van der Waals surface area contributed by atoms with Crippen molar-refractivity contribution in [2.24, 2.45) is 0 Å². The maximum absolute atomic E-state index is 12.7. The van der Waals surface area contributed by atoms with Crippen LogP contribution in [0.5, 0.6) is 0 Å².